The lowest BCUT2D eigenvalue weighted by Gasteiger charge is -2.30. The van der Waals surface area contributed by atoms with Crippen molar-refractivity contribution in [2.24, 2.45) is 5.92 Å². The molecule has 0 unspecified atom stereocenters. The minimum Gasteiger partial charge on any atom is -0.350 e. The number of piperidine rings is 1. The van der Waals surface area contributed by atoms with Crippen LogP contribution in [-0.4, -0.2) is 28.9 Å². The van der Waals surface area contributed by atoms with E-state index in [0.717, 1.165) is 46.6 Å². The van der Waals surface area contributed by atoms with Crippen LogP contribution < -0.4 is 0 Å². The molecular formula is C22H23ClN2OS. The second-order valence-corrected chi connectivity index (χ2v) is 8.93. The van der Waals surface area contributed by atoms with E-state index < -0.39 is 0 Å². The van der Waals surface area contributed by atoms with E-state index in [1.54, 1.807) is 11.8 Å². The number of carbonyl (C=O) groups is 1. The number of nitrogens with one attached hydrogen (secondary N) is 1. The Balaban J connectivity index is 1.74. The Morgan fingerprint density at radius 2 is 1.85 bits per heavy atom. The predicted octanol–water partition coefficient (Wildman–Crippen LogP) is 6.15. The molecule has 0 saturated carbocycles. The maximum Gasteiger partial charge on any atom is 0.271 e. The van der Waals surface area contributed by atoms with Gasteiger partial charge in [-0.25, -0.2) is 0 Å². The quantitative estimate of drug-likeness (QED) is 0.574. The maximum absolute atomic E-state index is 13.3. The summed E-state index contributed by atoms with van der Waals surface area (Å²) in [6.45, 7) is 5.99. The van der Waals surface area contributed by atoms with Crippen molar-refractivity contribution in [2.75, 3.05) is 13.1 Å². The Labute approximate surface area is 169 Å². The summed E-state index contributed by atoms with van der Waals surface area (Å²) >= 11 is 7.65. The Morgan fingerprint density at radius 1 is 1.15 bits per heavy atom. The molecule has 0 aliphatic carbocycles. The summed E-state index contributed by atoms with van der Waals surface area (Å²) in [5, 5.41) is 1.81. The van der Waals surface area contributed by atoms with Gasteiger partial charge in [0.05, 0.1) is 4.90 Å². The van der Waals surface area contributed by atoms with Gasteiger partial charge < -0.3 is 9.88 Å². The largest absolute Gasteiger partial charge is 0.350 e. The predicted molar refractivity (Wildman–Crippen MR) is 113 cm³/mol. The van der Waals surface area contributed by atoms with E-state index in [-0.39, 0.29) is 5.91 Å². The first-order valence-corrected chi connectivity index (χ1v) is 10.6. The number of aromatic amines is 1. The molecule has 3 aromatic rings. The van der Waals surface area contributed by atoms with E-state index in [1.165, 1.54) is 5.56 Å². The Hall–Kier alpha value is -1.91. The van der Waals surface area contributed by atoms with Crippen LogP contribution in [0.25, 0.3) is 10.9 Å². The molecule has 1 N–H and O–H groups in total. The van der Waals surface area contributed by atoms with Gasteiger partial charge in [0.1, 0.15) is 5.69 Å². The number of aryl methyl sites for hydroxylation is 1. The van der Waals surface area contributed by atoms with Gasteiger partial charge in [0.2, 0.25) is 0 Å². The minimum absolute atomic E-state index is 0.104. The number of carbonyl (C=O) groups excluding carboxylic acids is 1. The zero-order valence-corrected chi connectivity index (χ0v) is 17.2. The van der Waals surface area contributed by atoms with Gasteiger partial charge in [0, 0.05) is 33.9 Å². The molecule has 2 aromatic carbocycles. The molecule has 140 valence electrons. The third-order valence-electron chi connectivity index (χ3n) is 5.22. The highest BCUT2D eigenvalue weighted by Gasteiger charge is 2.26. The van der Waals surface area contributed by atoms with Crippen LogP contribution in [0.4, 0.5) is 0 Å². The van der Waals surface area contributed by atoms with Crippen LogP contribution >= 0.6 is 23.4 Å². The molecule has 0 spiro atoms. The lowest BCUT2D eigenvalue weighted by molar-refractivity contribution is 0.0688. The zero-order valence-electron chi connectivity index (χ0n) is 15.6. The van der Waals surface area contributed by atoms with Crippen molar-refractivity contribution in [1.82, 2.24) is 9.88 Å². The molecule has 0 bridgehead atoms. The summed E-state index contributed by atoms with van der Waals surface area (Å²) in [6.07, 6.45) is 2.15. The monoisotopic (exact) mass is 398 g/mol. The number of rotatable bonds is 3. The summed E-state index contributed by atoms with van der Waals surface area (Å²) in [7, 11) is 0. The van der Waals surface area contributed by atoms with E-state index in [1.807, 2.05) is 29.2 Å². The van der Waals surface area contributed by atoms with Gasteiger partial charge in [-0.3, -0.25) is 4.79 Å². The second-order valence-electron chi connectivity index (χ2n) is 7.41. The van der Waals surface area contributed by atoms with Crippen LogP contribution in [0.5, 0.6) is 0 Å². The van der Waals surface area contributed by atoms with Crippen molar-refractivity contribution < 1.29 is 4.79 Å². The minimum atomic E-state index is 0.104. The van der Waals surface area contributed by atoms with Crippen LogP contribution in [0.1, 0.15) is 35.8 Å². The van der Waals surface area contributed by atoms with Gasteiger partial charge in [0.15, 0.2) is 0 Å². The van der Waals surface area contributed by atoms with E-state index in [9.17, 15) is 4.79 Å². The molecular weight excluding hydrogens is 376 g/mol. The fourth-order valence-electron chi connectivity index (χ4n) is 3.53. The van der Waals surface area contributed by atoms with Gasteiger partial charge in [0.25, 0.3) is 5.91 Å². The molecule has 3 nitrogen and oxygen atoms in total. The van der Waals surface area contributed by atoms with Crippen LogP contribution in [0.3, 0.4) is 0 Å². The highest BCUT2D eigenvalue weighted by atomic mass is 35.5. The Bertz CT molecular complexity index is 972. The van der Waals surface area contributed by atoms with Crippen molar-refractivity contribution in [3.8, 4) is 0 Å². The van der Waals surface area contributed by atoms with Crippen molar-refractivity contribution in [3.63, 3.8) is 0 Å². The normalized spacial score (nSPS) is 15.4. The smallest absolute Gasteiger partial charge is 0.271 e. The number of fused-ring (bicyclic) bond motifs is 1. The van der Waals surface area contributed by atoms with Gasteiger partial charge in [-0.1, -0.05) is 42.4 Å². The molecule has 1 aliphatic rings. The number of nitrogens with zero attached hydrogens (tertiary/aromatic N) is 1. The number of benzene rings is 2. The summed E-state index contributed by atoms with van der Waals surface area (Å²) < 4.78 is 0. The summed E-state index contributed by atoms with van der Waals surface area (Å²) in [4.78, 5) is 20.8. The van der Waals surface area contributed by atoms with Crippen LogP contribution in [0, 0.1) is 12.8 Å². The van der Waals surface area contributed by atoms with E-state index in [0.29, 0.717) is 16.6 Å². The number of amides is 1. The van der Waals surface area contributed by atoms with E-state index in [4.69, 9.17) is 11.6 Å². The summed E-state index contributed by atoms with van der Waals surface area (Å²) in [6, 6.07) is 14.1. The third-order valence-corrected chi connectivity index (χ3v) is 6.61. The third kappa shape index (κ3) is 3.87. The lowest BCUT2D eigenvalue weighted by atomic mass is 9.99. The number of halogens is 1. The molecule has 1 saturated heterocycles. The first kappa shape index (κ1) is 18.5. The topological polar surface area (TPSA) is 36.1 Å². The fraction of sp³-hybridized carbons (Fsp3) is 0.318. The Morgan fingerprint density at radius 3 is 2.56 bits per heavy atom. The van der Waals surface area contributed by atoms with Gasteiger partial charge >= 0.3 is 0 Å². The average molecular weight is 399 g/mol. The molecule has 1 fully saturated rings. The van der Waals surface area contributed by atoms with E-state index in [2.05, 4.69) is 37.0 Å². The number of hydrogen-bond acceptors (Lipinski definition) is 2. The lowest BCUT2D eigenvalue weighted by Crippen LogP contribution is -2.38. The second kappa shape index (κ2) is 7.61. The zero-order chi connectivity index (χ0) is 19.0. The molecule has 0 radical (unpaired) electrons. The highest BCUT2D eigenvalue weighted by molar-refractivity contribution is 7.99. The molecule has 27 heavy (non-hydrogen) atoms. The molecule has 2 heterocycles. The van der Waals surface area contributed by atoms with Gasteiger partial charge in [-0.15, -0.1) is 0 Å². The highest BCUT2D eigenvalue weighted by Crippen LogP contribution is 2.38. The fourth-order valence-corrected chi connectivity index (χ4v) is 4.69. The van der Waals surface area contributed by atoms with Crippen LogP contribution in [0.2, 0.25) is 5.02 Å². The van der Waals surface area contributed by atoms with E-state index >= 15 is 0 Å². The molecule has 1 aromatic heterocycles. The van der Waals surface area contributed by atoms with Crippen LogP contribution in [0.15, 0.2) is 52.3 Å². The molecule has 0 atom stereocenters. The first-order chi connectivity index (χ1) is 13.0. The average Bonchev–Trinajstić information content (AvgIpc) is 3.01. The van der Waals surface area contributed by atoms with Crippen molar-refractivity contribution >= 4 is 40.2 Å². The van der Waals surface area contributed by atoms with Crippen molar-refractivity contribution in [1.29, 1.82) is 0 Å². The first-order valence-electron chi connectivity index (χ1n) is 9.36. The van der Waals surface area contributed by atoms with Gasteiger partial charge in [-0.2, -0.15) is 0 Å². The molecule has 5 heteroatoms. The van der Waals surface area contributed by atoms with Crippen molar-refractivity contribution in [3.05, 3.63) is 58.7 Å². The van der Waals surface area contributed by atoms with Gasteiger partial charge in [-0.05, 0) is 61.6 Å². The number of H-pyrrole nitrogens is 1. The standard InChI is InChI=1S/C22H23ClN2OS/c1-14-9-11-25(12-10-14)22(26)20-21(27-17-6-4-16(23)5-7-17)18-8-3-15(2)13-19(18)24-20/h3-8,13-14,24H,9-12H2,1-2H3. The SMILES string of the molecule is Cc1ccc2c(Sc3ccc(Cl)cc3)c(C(=O)N3CCC(C)CC3)[nH]c2c1. The molecule has 4 rings (SSSR count). The molecule has 1 amide bonds. The number of hydrogen-bond donors (Lipinski definition) is 1. The van der Waals surface area contributed by atoms with Crippen molar-refractivity contribution in [2.45, 2.75) is 36.5 Å². The maximum atomic E-state index is 13.3. The van der Waals surface area contributed by atoms with Crippen LogP contribution in [-0.2, 0) is 0 Å². The number of likely N-dealkylation sites (tertiary alicyclic amines) is 1. The Kier molecular flexibility index (Phi) is 5.20. The summed E-state index contributed by atoms with van der Waals surface area (Å²) in [5.74, 6) is 0.801. The summed E-state index contributed by atoms with van der Waals surface area (Å²) in [5.41, 5.74) is 2.89. The molecule has 1 aliphatic heterocycles. The number of aromatic nitrogens is 1.